The van der Waals surface area contributed by atoms with E-state index < -0.39 is 12.2 Å². The monoisotopic (exact) mass is 350 g/mol. The van der Waals surface area contributed by atoms with Gasteiger partial charge in [0.25, 0.3) is 5.91 Å². The van der Waals surface area contributed by atoms with Gasteiger partial charge in [-0.2, -0.15) is 0 Å². The first kappa shape index (κ1) is 18.4. The van der Waals surface area contributed by atoms with E-state index in [-0.39, 0.29) is 17.7 Å². The van der Waals surface area contributed by atoms with Crippen molar-refractivity contribution in [2.45, 2.75) is 52.4 Å². The Labute approximate surface area is 149 Å². The van der Waals surface area contributed by atoms with Gasteiger partial charge < -0.3 is 19.5 Å². The predicted molar refractivity (Wildman–Crippen MR) is 94.2 cm³/mol. The summed E-state index contributed by atoms with van der Waals surface area (Å²) in [5, 5.41) is 19.7. The molecule has 6 nitrogen and oxygen atoms in total. The molecule has 3 rings (SSSR count). The summed E-state index contributed by atoms with van der Waals surface area (Å²) >= 11 is 0. The van der Waals surface area contributed by atoms with E-state index in [1.807, 2.05) is 17.9 Å². The van der Waals surface area contributed by atoms with Gasteiger partial charge in [0.2, 0.25) is 0 Å². The lowest BCUT2D eigenvalue weighted by Gasteiger charge is -2.31. The molecule has 0 spiro atoms. The maximum Gasteiger partial charge on any atom is 0.257 e. The number of carbonyl (C=O) groups is 1. The number of aliphatic hydroxyl groups is 2. The number of aliphatic hydroxyl groups excluding tert-OH is 2. The molecule has 2 N–H and O–H groups in total. The van der Waals surface area contributed by atoms with Crippen LogP contribution in [0, 0.1) is 18.8 Å². The molecule has 2 heterocycles. The van der Waals surface area contributed by atoms with Gasteiger partial charge in [0, 0.05) is 13.1 Å². The summed E-state index contributed by atoms with van der Waals surface area (Å²) in [5.74, 6) is 2.06. The zero-order valence-corrected chi connectivity index (χ0v) is 15.4. The third kappa shape index (κ3) is 3.76. The molecule has 1 aliphatic heterocycles. The first-order chi connectivity index (χ1) is 11.9. The van der Waals surface area contributed by atoms with Crippen LogP contribution in [0.25, 0.3) is 0 Å². The fourth-order valence-corrected chi connectivity index (χ4v) is 4.25. The van der Waals surface area contributed by atoms with Crippen molar-refractivity contribution >= 4 is 5.91 Å². The van der Waals surface area contributed by atoms with E-state index >= 15 is 0 Å². The predicted octanol–water partition coefficient (Wildman–Crippen LogP) is 1.63. The minimum atomic E-state index is -0.660. The molecule has 0 radical (unpaired) electrons. The maximum atomic E-state index is 12.9. The lowest BCUT2D eigenvalue weighted by molar-refractivity contribution is -0.0372. The number of nitrogens with zero attached hydrogens (tertiary/aromatic N) is 2. The largest absolute Gasteiger partial charge is 0.464 e. The van der Waals surface area contributed by atoms with Crippen molar-refractivity contribution in [2.24, 2.45) is 11.8 Å². The number of hydrogen-bond acceptors (Lipinski definition) is 5. The first-order valence-corrected chi connectivity index (χ1v) is 9.39. The van der Waals surface area contributed by atoms with E-state index in [2.05, 4.69) is 18.7 Å². The van der Waals surface area contributed by atoms with Crippen LogP contribution in [0.4, 0.5) is 0 Å². The molecule has 1 aliphatic carbocycles. The number of rotatable bonds is 5. The van der Waals surface area contributed by atoms with Crippen LogP contribution in [-0.2, 0) is 6.54 Å². The van der Waals surface area contributed by atoms with Crippen LogP contribution in [0.5, 0.6) is 0 Å². The zero-order valence-electron chi connectivity index (χ0n) is 15.4. The SMILES string of the molecule is CCN(CC)Cc1cc(C(=O)N2C[C@H]3C[C@H](O)[C@@H](O)C[C@H]3C2)c(C)o1. The van der Waals surface area contributed by atoms with Crippen molar-refractivity contribution in [1.29, 1.82) is 0 Å². The van der Waals surface area contributed by atoms with Gasteiger partial charge in [-0.1, -0.05) is 13.8 Å². The Morgan fingerprint density at radius 2 is 1.76 bits per heavy atom. The third-order valence-corrected chi connectivity index (χ3v) is 5.87. The zero-order chi connectivity index (χ0) is 18.1. The molecule has 4 atom stereocenters. The van der Waals surface area contributed by atoms with E-state index in [0.29, 0.717) is 43.8 Å². The first-order valence-electron chi connectivity index (χ1n) is 9.39. The Hall–Kier alpha value is -1.37. The summed E-state index contributed by atoms with van der Waals surface area (Å²) in [6.07, 6.45) is -0.166. The van der Waals surface area contributed by atoms with E-state index in [1.54, 1.807) is 0 Å². The molecule has 1 amide bonds. The maximum absolute atomic E-state index is 12.9. The molecule has 1 aromatic rings. The van der Waals surface area contributed by atoms with Crippen LogP contribution in [0.3, 0.4) is 0 Å². The van der Waals surface area contributed by atoms with Gasteiger partial charge in [0.05, 0.1) is 24.3 Å². The highest BCUT2D eigenvalue weighted by molar-refractivity contribution is 5.95. The van der Waals surface area contributed by atoms with Gasteiger partial charge in [-0.3, -0.25) is 9.69 Å². The summed E-state index contributed by atoms with van der Waals surface area (Å²) < 4.78 is 5.81. The smallest absolute Gasteiger partial charge is 0.257 e. The molecule has 0 unspecified atom stereocenters. The molecule has 2 aliphatic rings. The van der Waals surface area contributed by atoms with E-state index in [4.69, 9.17) is 4.42 Å². The van der Waals surface area contributed by atoms with Crippen molar-refractivity contribution in [3.63, 3.8) is 0 Å². The number of hydrogen-bond donors (Lipinski definition) is 2. The number of carbonyl (C=O) groups excluding carboxylic acids is 1. The molecule has 2 fully saturated rings. The molecule has 0 aromatic carbocycles. The van der Waals surface area contributed by atoms with Crippen molar-refractivity contribution in [3.05, 3.63) is 23.2 Å². The summed E-state index contributed by atoms with van der Waals surface area (Å²) in [5.41, 5.74) is 0.641. The third-order valence-electron chi connectivity index (χ3n) is 5.87. The van der Waals surface area contributed by atoms with Crippen molar-refractivity contribution < 1.29 is 19.4 Å². The van der Waals surface area contributed by atoms with Gasteiger partial charge in [-0.25, -0.2) is 0 Å². The molecule has 25 heavy (non-hydrogen) atoms. The number of likely N-dealkylation sites (tertiary alicyclic amines) is 1. The van der Waals surface area contributed by atoms with Gasteiger partial charge in [0.1, 0.15) is 11.5 Å². The normalized spacial score (nSPS) is 29.3. The summed E-state index contributed by atoms with van der Waals surface area (Å²) in [6, 6.07) is 1.88. The highest BCUT2D eigenvalue weighted by Gasteiger charge is 2.42. The van der Waals surface area contributed by atoms with Crippen LogP contribution in [0.2, 0.25) is 0 Å². The van der Waals surface area contributed by atoms with Crippen LogP contribution in [0.1, 0.15) is 48.6 Å². The molecule has 1 saturated carbocycles. The van der Waals surface area contributed by atoms with E-state index in [1.165, 1.54) is 0 Å². The van der Waals surface area contributed by atoms with Crippen LogP contribution >= 0.6 is 0 Å². The second-order valence-electron chi connectivity index (χ2n) is 7.48. The van der Waals surface area contributed by atoms with Gasteiger partial charge in [0.15, 0.2) is 0 Å². The fraction of sp³-hybridized carbons (Fsp3) is 0.737. The highest BCUT2D eigenvalue weighted by Crippen LogP contribution is 2.37. The minimum absolute atomic E-state index is 0.00502. The summed E-state index contributed by atoms with van der Waals surface area (Å²) in [7, 11) is 0. The second-order valence-corrected chi connectivity index (χ2v) is 7.48. The van der Waals surface area contributed by atoms with Gasteiger partial charge in [-0.05, 0) is 50.8 Å². The molecular weight excluding hydrogens is 320 g/mol. The molecule has 1 aromatic heterocycles. The Morgan fingerprint density at radius 1 is 1.20 bits per heavy atom. The van der Waals surface area contributed by atoms with E-state index in [0.717, 1.165) is 18.8 Å². The number of amides is 1. The molecule has 140 valence electrons. The topological polar surface area (TPSA) is 77.2 Å². The van der Waals surface area contributed by atoms with Gasteiger partial charge >= 0.3 is 0 Å². The average Bonchev–Trinajstić information content (AvgIpc) is 3.15. The van der Waals surface area contributed by atoms with Crippen molar-refractivity contribution in [3.8, 4) is 0 Å². The average molecular weight is 350 g/mol. The fourth-order valence-electron chi connectivity index (χ4n) is 4.25. The van der Waals surface area contributed by atoms with Gasteiger partial charge in [-0.15, -0.1) is 0 Å². The van der Waals surface area contributed by atoms with Crippen molar-refractivity contribution in [1.82, 2.24) is 9.80 Å². The number of fused-ring (bicyclic) bond motifs is 1. The van der Waals surface area contributed by atoms with Crippen LogP contribution in [0.15, 0.2) is 10.5 Å². The Morgan fingerprint density at radius 3 is 2.28 bits per heavy atom. The summed E-state index contributed by atoms with van der Waals surface area (Å²) in [4.78, 5) is 17.0. The number of furan rings is 1. The molecule has 0 bridgehead atoms. The molecule has 1 saturated heterocycles. The lowest BCUT2D eigenvalue weighted by Crippen LogP contribution is -2.38. The Bertz CT molecular complexity index is 593. The Kier molecular flexibility index (Phi) is 5.51. The Balaban J connectivity index is 1.68. The molecular formula is C19H30N2O4. The molecule has 6 heteroatoms. The van der Waals surface area contributed by atoms with Crippen molar-refractivity contribution in [2.75, 3.05) is 26.2 Å². The van der Waals surface area contributed by atoms with Crippen LogP contribution < -0.4 is 0 Å². The standard InChI is InChI=1S/C19H30N2O4/c1-4-20(5-2)11-15-8-16(12(3)25-15)19(24)21-9-13-6-17(22)18(23)7-14(13)10-21/h8,13-14,17-18,22-23H,4-7,9-11H2,1-3H3/t13-,14+,17-,18-/m0/s1. The quantitative estimate of drug-likeness (QED) is 0.844. The second kappa shape index (κ2) is 7.48. The van der Waals surface area contributed by atoms with E-state index in [9.17, 15) is 15.0 Å². The van der Waals surface area contributed by atoms with Crippen LogP contribution in [-0.4, -0.2) is 64.3 Å². The number of aryl methyl sites for hydroxylation is 1. The lowest BCUT2D eigenvalue weighted by atomic mass is 9.79. The highest BCUT2D eigenvalue weighted by atomic mass is 16.3. The minimum Gasteiger partial charge on any atom is -0.464 e. The summed E-state index contributed by atoms with van der Waals surface area (Å²) in [6.45, 7) is 9.98.